The van der Waals surface area contributed by atoms with Crippen molar-refractivity contribution in [2.75, 3.05) is 24.6 Å². The fraction of sp³-hybridized carbons (Fsp3) is 0.500. The second kappa shape index (κ2) is 10.7. The second-order valence-corrected chi connectivity index (χ2v) is 10.9. The summed E-state index contributed by atoms with van der Waals surface area (Å²) < 4.78 is 12.3. The van der Waals surface area contributed by atoms with E-state index in [4.69, 9.17) is 21.1 Å². The molecule has 2 saturated heterocycles. The van der Waals surface area contributed by atoms with Crippen LogP contribution in [0.3, 0.4) is 0 Å². The summed E-state index contributed by atoms with van der Waals surface area (Å²) in [5.74, 6) is -3.72. The van der Waals surface area contributed by atoms with Gasteiger partial charge in [-0.3, -0.25) is 19.2 Å². The van der Waals surface area contributed by atoms with Crippen molar-refractivity contribution in [3.05, 3.63) is 53.6 Å². The predicted octanol–water partition coefficient (Wildman–Crippen LogP) is 1.60. The van der Waals surface area contributed by atoms with Crippen molar-refractivity contribution in [1.29, 1.82) is 0 Å². The number of fused-ring (bicyclic) bond motifs is 2. The number of nitrogens with one attached hydrogen (secondary N) is 1. The van der Waals surface area contributed by atoms with Crippen LogP contribution >= 0.6 is 11.6 Å². The van der Waals surface area contributed by atoms with Crippen molar-refractivity contribution in [3.63, 3.8) is 0 Å². The average Bonchev–Trinajstić information content (AvgIpc) is 3.30. The zero-order valence-corrected chi connectivity index (χ0v) is 22.5. The fourth-order valence-corrected chi connectivity index (χ4v) is 6.14. The van der Waals surface area contributed by atoms with Crippen molar-refractivity contribution in [1.82, 2.24) is 10.2 Å². The molecule has 0 unspecified atom stereocenters. The monoisotopic (exact) mass is 557 g/mol. The van der Waals surface area contributed by atoms with Gasteiger partial charge in [-0.1, -0.05) is 35.9 Å². The molecule has 1 spiro atoms. The quantitative estimate of drug-likeness (QED) is 0.427. The van der Waals surface area contributed by atoms with Gasteiger partial charge in [0.05, 0.1) is 31.2 Å². The fourth-order valence-electron chi connectivity index (χ4n) is 6.02. The van der Waals surface area contributed by atoms with E-state index in [9.17, 15) is 24.3 Å². The number of anilines is 1. The molecule has 11 heteroatoms. The maximum Gasteiger partial charge on any atom is 0.313 e. The molecule has 4 aliphatic rings. The number of ether oxygens (including phenoxy) is 2. The van der Waals surface area contributed by atoms with Crippen molar-refractivity contribution < 1.29 is 33.8 Å². The van der Waals surface area contributed by atoms with E-state index in [0.717, 1.165) is 0 Å². The number of cyclic esters (lactones) is 1. The zero-order chi connectivity index (χ0) is 27.9. The molecule has 3 amide bonds. The molecule has 0 aromatic heterocycles. The van der Waals surface area contributed by atoms with Crippen LogP contribution in [0, 0.1) is 11.8 Å². The Balaban J connectivity index is 1.60. The summed E-state index contributed by atoms with van der Waals surface area (Å²) in [5.41, 5.74) is -0.872. The summed E-state index contributed by atoms with van der Waals surface area (Å²) in [7, 11) is 0. The Labute approximate surface area is 231 Å². The molecule has 7 atom stereocenters. The van der Waals surface area contributed by atoms with Gasteiger partial charge >= 0.3 is 5.97 Å². The van der Waals surface area contributed by atoms with E-state index in [1.165, 1.54) is 4.90 Å². The van der Waals surface area contributed by atoms with Gasteiger partial charge in [0.25, 0.3) is 5.91 Å². The molecular weight excluding hydrogens is 526 g/mol. The van der Waals surface area contributed by atoms with Gasteiger partial charge in [0, 0.05) is 23.7 Å². The van der Waals surface area contributed by atoms with Gasteiger partial charge in [0.1, 0.15) is 23.7 Å². The molecule has 39 heavy (non-hydrogen) atoms. The maximum absolute atomic E-state index is 14.3. The molecular formula is C28H32ClN3O7. The van der Waals surface area contributed by atoms with Crippen molar-refractivity contribution in [2.45, 2.75) is 56.6 Å². The lowest BCUT2D eigenvalue weighted by Gasteiger charge is -2.37. The summed E-state index contributed by atoms with van der Waals surface area (Å²) in [5, 5.41) is 13.3. The Bertz CT molecular complexity index is 1220. The van der Waals surface area contributed by atoms with Gasteiger partial charge in [-0.25, -0.2) is 0 Å². The van der Waals surface area contributed by atoms with E-state index in [1.807, 2.05) is 0 Å². The van der Waals surface area contributed by atoms with E-state index in [2.05, 4.69) is 5.32 Å². The molecule has 4 heterocycles. The van der Waals surface area contributed by atoms with E-state index in [-0.39, 0.29) is 32.0 Å². The van der Waals surface area contributed by atoms with Gasteiger partial charge < -0.3 is 29.7 Å². The minimum Gasteiger partial charge on any atom is -0.460 e. The van der Waals surface area contributed by atoms with Crippen molar-refractivity contribution in [2.24, 2.45) is 11.8 Å². The smallest absolute Gasteiger partial charge is 0.313 e. The number of hydrogen-bond donors (Lipinski definition) is 2. The number of benzene rings is 1. The number of rotatable bonds is 3. The molecule has 0 radical (unpaired) electrons. The topological polar surface area (TPSA) is 125 Å². The Morgan fingerprint density at radius 3 is 2.62 bits per heavy atom. The lowest BCUT2D eigenvalue weighted by molar-refractivity contribution is -0.159. The Morgan fingerprint density at radius 1 is 1.15 bits per heavy atom. The highest BCUT2D eigenvalue weighted by atomic mass is 35.5. The van der Waals surface area contributed by atoms with E-state index in [1.54, 1.807) is 67.3 Å². The van der Waals surface area contributed by atoms with Crippen LogP contribution in [0.25, 0.3) is 0 Å². The normalized spacial score (nSPS) is 34.6. The lowest BCUT2D eigenvalue weighted by atomic mass is 9.78. The largest absolute Gasteiger partial charge is 0.460 e. The van der Waals surface area contributed by atoms with Crippen LogP contribution in [-0.2, 0) is 28.7 Å². The van der Waals surface area contributed by atoms with Crippen LogP contribution in [0.5, 0.6) is 0 Å². The highest BCUT2D eigenvalue weighted by Gasteiger charge is 2.72. The standard InChI is InChI=1S/C28H32ClN3O7/c1-16(15-33)32-24-26(36)31(19-10-8-18(29)9-11-19)13-5-12-28(24)23(25(32)35)22-20(39-28)6-3-4-7-21(34)30-14-17(2)38-27(22)37/h3,5-6,8-12,16-17,20,22-24,33H,4,7,13-15H2,1-2H3,(H,30,34)/b6-3-/t16-,17-,20-,22+,23+,24-,28+/m1/s1. The third kappa shape index (κ3) is 4.74. The molecule has 5 rings (SSSR count). The molecule has 4 aliphatic heterocycles. The third-order valence-corrected chi connectivity index (χ3v) is 8.10. The first kappa shape index (κ1) is 27.4. The number of allylic oxidation sites excluding steroid dienone is 1. The van der Waals surface area contributed by atoms with Crippen LogP contribution in [0.2, 0.25) is 5.02 Å². The zero-order valence-electron chi connectivity index (χ0n) is 21.8. The third-order valence-electron chi connectivity index (χ3n) is 7.85. The van der Waals surface area contributed by atoms with Crippen molar-refractivity contribution >= 4 is 41.0 Å². The average molecular weight is 558 g/mol. The maximum atomic E-state index is 14.3. The first-order valence-corrected chi connectivity index (χ1v) is 13.5. The number of amides is 3. The molecule has 0 aliphatic carbocycles. The van der Waals surface area contributed by atoms with Gasteiger partial charge in [0.15, 0.2) is 0 Å². The van der Waals surface area contributed by atoms with Crippen LogP contribution < -0.4 is 10.2 Å². The molecule has 208 valence electrons. The number of aliphatic hydroxyl groups is 1. The van der Waals surface area contributed by atoms with E-state index < -0.39 is 59.5 Å². The van der Waals surface area contributed by atoms with Crippen LogP contribution in [0.4, 0.5) is 5.69 Å². The summed E-state index contributed by atoms with van der Waals surface area (Å²) in [4.78, 5) is 56.9. The summed E-state index contributed by atoms with van der Waals surface area (Å²) >= 11 is 6.06. The van der Waals surface area contributed by atoms with Crippen LogP contribution in [0.1, 0.15) is 26.7 Å². The molecule has 0 bridgehead atoms. The molecule has 10 nitrogen and oxygen atoms in total. The molecule has 0 saturated carbocycles. The second-order valence-electron chi connectivity index (χ2n) is 10.5. The van der Waals surface area contributed by atoms with E-state index >= 15 is 0 Å². The van der Waals surface area contributed by atoms with Gasteiger partial charge in [-0.15, -0.1) is 0 Å². The SMILES string of the molecule is C[C@@H]1CNC(=O)CC/C=C\[C@H]2O[C@]34C=CCN(c5ccc(Cl)cc5)C(=O)[C@H]3N([C@H](C)CO)C(=O)[C@@H]4[C@H]2C(=O)O1. The predicted molar refractivity (Wildman–Crippen MR) is 142 cm³/mol. The highest BCUT2D eigenvalue weighted by Crippen LogP contribution is 2.53. The number of hydrogen-bond acceptors (Lipinski definition) is 7. The molecule has 1 aromatic rings. The van der Waals surface area contributed by atoms with Gasteiger partial charge in [0.2, 0.25) is 11.8 Å². The van der Waals surface area contributed by atoms with Crippen LogP contribution in [0.15, 0.2) is 48.6 Å². The first-order chi connectivity index (χ1) is 18.7. The lowest BCUT2D eigenvalue weighted by Crippen LogP contribution is -2.57. The summed E-state index contributed by atoms with van der Waals surface area (Å²) in [6, 6.07) is 4.96. The Morgan fingerprint density at radius 2 is 1.90 bits per heavy atom. The molecule has 2 N–H and O–H groups in total. The molecule has 1 aromatic carbocycles. The minimum absolute atomic E-state index is 0.140. The Hall–Kier alpha value is -3.21. The number of halogens is 1. The van der Waals surface area contributed by atoms with Gasteiger partial charge in [-0.2, -0.15) is 0 Å². The number of nitrogens with zero attached hydrogens (tertiary/aromatic N) is 2. The van der Waals surface area contributed by atoms with E-state index in [0.29, 0.717) is 17.1 Å². The number of aliphatic hydroxyl groups excluding tert-OH is 1. The van der Waals surface area contributed by atoms with Gasteiger partial charge in [-0.05, 0) is 44.5 Å². The number of carbonyl (C=O) groups is 4. The summed E-state index contributed by atoms with van der Waals surface area (Å²) in [6.07, 6.45) is 6.12. The highest BCUT2D eigenvalue weighted by molar-refractivity contribution is 6.30. The summed E-state index contributed by atoms with van der Waals surface area (Å²) in [6.45, 7) is 3.30. The first-order valence-electron chi connectivity index (χ1n) is 13.2. The minimum atomic E-state index is -1.46. The number of esters is 1. The number of carbonyl (C=O) groups excluding carboxylic acids is 4. The van der Waals surface area contributed by atoms with Crippen LogP contribution in [-0.4, -0.2) is 83.3 Å². The Kier molecular flexibility index (Phi) is 7.54. The van der Waals surface area contributed by atoms with Crippen molar-refractivity contribution in [3.8, 4) is 0 Å². The molecule has 2 fully saturated rings. The number of likely N-dealkylation sites (tertiary alicyclic amines) is 1.